The Morgan fingerprint density at radius 2 is 1.84 bits per heavy atom. The van der Waals surface area contributed by atoms with Crippen molar-refractivity contribution in [2.45, 2.75) is 19.6 Å². The van der Waals surface area contributed by atoms with Gasteiger partial charge in [-0.3, -0.25) is 9.59 Å². The van der Waals surface area contributed by atoms with Gasteiger partial charge in [0, 0.05) is 11.3 Å². The van der Waals surface area contributed by atoms with Gasteiger partial charge in [-0.1, -0.05) is 36.4 Å². The fraction of sp³-hybridized carbons (Fsp3) is 0.167. The van der Waals surface area contributed by atoms with Gasteiger partial charge in [-0.25, -0.2) is 4.39 Å². The third kappa shape index (κ3) is 4.66. The predicted molar refractivity (Wildman–Crippen MR) is 115 cm³/mol. The van der Waals surface area contributed by atoms with Crippen LogP contribution in [0.4, 0.5) is 15.8 Å². The van der Waals surface area contributed by atoms with Gasteiger partial charge in [-0.05, 0) is 43.3 Å². The van der Waals surface area contributed by atoms with Gasteiger partial charge in [0.25, 0.3) is 11.8 Å². The summed E-state index contributed by atoms with van der Waals surface area (Å²) in [6.07, 6.45) is -0.695. The van der Waals surface area contributed by atoms with Crippen molar-refractivity contribution in [2.75, 3.05) is 16.8 Å². The van der Waals surface area contributed by atoms with E-state index in [1.54, 1.807) is 55.5 Å². The second kappa shape index (κ2) is 8.87. The quantitative estimate of drug-likeness (QED) is 0.650. The summed E-state index contributed by atoms with van der Waals surface area (Å²) in [4.78, 5) is 26.5. The Morgan fingerprint density at radius 1 is 1.10 bits per heavy atom. The number of nitrogens with zero attached hydrogens (tertiary/aromatic N) is 1. The second-order valence-corrected chi connectivity index (χ2v) is 7.11. The highest BCUT2D eigenvalue weighted by atomic mass is 19.1. The molecular weight excluding hydrogens is 399 g/mol. The van der Waals surface area contributed by atoms with Crippen LogP contribution in [0.25, 0.3) is 0 Å². The number of hydrogen-bond donors (Lipinski definition) is 1. The smallest absolute Gasteiger partial charge is 0.268 e. The Balaban J connectivity index is 1.52. The molecule has 1 atom stereocenters. The highest BCUT2D eigenvalue weighted by Crippen LogP contribution is 2.37. The summed E-state index contributed by atoms with van der Waals surface area (Å²) in [6.45, 7) is 1.55. The van der Waals surface area contributed by atoms with Crippen LogP contribution in [0, 0.1) is 5.82 Å². The third-order valence-corrected chi connectivity index (χ3v) is 4.85. The van der Waals surface area contributed by atoms with Crippen molar-refractivity contribution in [2.24, 2.45) is 0 Å². The van der Waals surface area contributed by atoms with E-state index < -0.39 is 11.9 Å². The molecule has 1 unspecified atom stereocenters. The molecule has 0 saturated heterocycles. The van der Waals surface area contributed by atoms with Crippen LogP contribution in [0.1, 0.15) is 12.5 Å². The molecule has 0 fully saturated rings. The highest BCUT2D eigenvalue weighted by Gasteiger charge is 2.32. The maximum absolute atomic E-state index is 14.2. The molecule has 0 bridgehead atoms. The summed E-state index contributed by atoms with van der Waals surface area (Å²) in [5.74, 6) is 0.0557. The number of amides is 2. The first-order valence-corrected chi connectivity index (χ1v) is 9.84. The van der Waals surface area contributed by atoms with Crippen molar-refractivity contribution in [1.82, 2.24) is 0 Å². The van der Waals surface area contributed by atoms with E-state index in [1.807, 2.05) is 18.2 Å². The van der Waals surface area contributed by atoms with Crippen LogP contribution < -0.4 is 19.7 Å². The van der Waals surface area contributed by atoms with Crippen LogP contribution in [0.3, 0.4) is 0 Å². The number of ether oxygens (including phenoxy) is 2. The number of rotatable bonds is 6. The maximum atomic E-state index is 14.2. The summed E-state index contributed by atoms with van der Waals surface area (Å²) in [5, 5.41) is 2.75. The number of halogens is 1. The molecule has 1 aliphatic heterocycles. The summed E-state index contributed by atoms with van der Waals surface area (Å²) in [6, 6.07) is 20.3. The number of carbonyl (C=O) groups excluding carboxylic acids is 2. The van der Waals surface area contributed by atoms with E-state index in [0.717, 1.165) is 0 Å². The first-order chi connectivity index (χ1) is 15.0. The van der Waals surface area contributed by atoms with E-state index in [1.165, 1.54) is 11.0 Å². The van der Waals surface area contributed by atoms with E-state index in [-0.39, 0.29) is 25.0 Å². The van der Waals surface area contributed by atoms with E-state index in [9.17, 15) is 14.0 Å². The molecule has 0 radical (unpaired) electrons. The molecule has 0 aliphatic carbocycles. The Labute approximate surface area is 179 Å². The van der Waals surface area contributed by atoms with Gasteiger partial charge in [0.1, 0.15) is 17.3 Å². The van der Waals surface area contributed by atoms with Crippen LogP contribution in [0.15, 0.2) is 72.8 Å². The number of anilines is 2. The van der Waals surface area contributed by atoms with Crippen LogP contribution in [-0.4, -0.2) is 24.5 Å². The van der Waals surface area contributed by atoms with Gasteiger partial charge >= 0.3 is 0 Å². The molecule has 4 rings (SSSR count). The van der Waals surface area contributed by atoms with Crippen molar-refractivity contribution >= 4 is 23.2 Å². The van der Waals surface area contributed by atoms with E-state index in [0.29, 0.717) is 28.4 Å². The average Bonchev–Trinajstić information content (AvgIpc) is 2.78. The van der Waals surface area contributed by atoms with Crippen molar-refractivity contribution in [3.63, 3.8) is 0 Å². The molecular formula is C24H21FN2O4. The number of benzene rings is 3. The number of para-hydroxylation sites is 1. The van der Waals surface area contributed by atoms with Crippen molar-refractivity contribution in [3.05, 3.63) is 84.2 Å². The minimum atomic E-state index is -0.695. The monoisotopic (exact) mass is 420 g/mol. The molecule has 0 saturated carbocycles. The van der Waals surface area contributed by atoms with Crippen molar-refractivity contribution in [3.8, 4) is 11.5 Å². The second-order valence-electron chi connectivity index (χ2n) is 7.11. The maximum Gasteiger partial charge on any atom is 0.268 e. The fourth-order valence-electron chi connectivity index (χ4n) is 3.31. The zero-order valence-corrected chi connectivity index (χ0v) is 16.9. The molecule has 31 heavy (non-hydrogen) atoms. The van der Waals surface area contributed by atoms with Gasteiger partial charge in [0.2, 0.25) is 0 Å². The molecule has 2 amide bonds. The van der Waals surface area contributed by atoms with E-state index >= 15 is 0 Å². The lowest BCUT2D eigenvalue weighted by Crippen LogP contribution is -2.44. The lowest BCUT2D eigenvalue weighted by molar-refractivity contribution is -0.125. The van der Waals surface area contributed by atoms with Gasteiger partial charge in [0.05, 0.1) is 12.2 Å². The standard InChI is InChI=1S/C24H21FN2O4/c1-16-24(29)27(14-17-7-5-6-10-20(17)25)21-13-18(11-12-22(21)31-16)26-23(28)15-30-19-8-3-2-4-9-19/h2-13,16H,14-15H2,1H3,(H,26,28). The molecule has 158 valence electrons. The Hall–Kier alpha value is -3.87. The Kier molecular flexibility index (Phi) is 5.84. The third-order valence-electron chi connectivity index (χ3n) is 4.85. The molecule has 0 spiro atoms. The number of fused-ring (bicyclic) bond motifs is 1. The molecule has 3 aromatic carbocycles. The van der Waals surface area contributed by atoms with Crippen LogP contribution in [0.5, 0.6) is 11.5 Å². The number of nitrogens with one attached hydrogen (secondary N) is 1. The van der Waals surface area contributed by atoms with Crippen molar-refractivity contribution < 1.29 is 23.5 Å². The Morgan fingerprint density at radius 3 is 2.61 bits per heavy atom. The van der Waals surface area contributed by atoms with E-state index in [2.05, 4.69) is 5.32 Å². The van der Waals surface area contributed by atoms with Crippen LogP contribution >= 0.6 is 0 Å². The molecule has 0 aromatic heterocycles. The molecule has 7 heteroatoms. The largest absolute Gasteiger partial charge is 0.484 e. The minimum absolute atomic E-state index is 0.0563. The molecule has 3 aromatic rings. The average molecular weight is 420 g/mol. The first kappa shape index (κ1) is 20.4. The van der Waals surface area contributed by atoms with Gasteiger partial charge in [0.15, 0.2) is 12.7 Å². The van der Waals surface area contributed by atoms with Crippen LogP contribution in [-0.2, 0) is 16.1 Å². The molecule has 1 N–H and O–H groups in total. The van der Waals surface area contributed by atoms with Crippen molar-refractivity contribution in [1.29, 1.82) is 0 Å². The zero-order chi connectivity index (χ0) is 21.8. The van der Waals surface area contributed by atoms with Gasteiger partial charge in [-0.2, -0.15) is 0 Å². The number of carbonyl (C=O) groups is 2. The summed E-state index contributed by atoms with van der Waals surface area (Å²) >= 11 is 0. The fourth-order valence-corrected chi connectivity index (χ4v) is 3.31. The van der Waals surface area contributed by atoms with Gasteiger partial charge in [-0.15, -0.1) is 0 Å². The first-order valence-electron chi connectivity index (χ1n) is 9.84. The SMILES string of the molecule is CC1Oc2ccc(NC(=O)COc3ccccc3)cc2N(Cc2ccccc2F)C1=O. The molecule has 6 nitrogen and oxygen atoms in total. The summed E-state index contributed by atoms with van der Waals surface area (Å²) in [5.41, 5.74) is 1.33. The summed E-state index contributed by atoms with van der Waals surface area (Å²) in [7, 11) is 0. The summed E-state index contributed by atoms with van der Waals surface area (Å²) < 4.78 is 25.3. The predicted octanol–water partition coefficient (Wildman–Crippen LogP) is 4.16. The highest BCUT2D eigenvalue weighted by molar-refractivity contribution is 6.01. The zero-order valence-electron chi connectivity index (χ0n) is 16.9. The molecule has 1 aliphatic rings. The molecule has 1 heterocycles. The topological polar surface area (TPSA) is 67.9 Å². The van der Waals surface area contributed by atoms with E-state index in [4.69, 9.17) is 9.47 Å². The Bertz CT molecular complexity index is 1100. The lowest BCUT2D eigenvalue weighted by Gasteiger charge is -2.33. The van der Waals surface area contributed by atoms with Gasteiger partial charge < -0.3 is 19.7 Å². The lowest BCUT2D eigenvalue weighted by atomic mass is 10.1. The normalized spacial score (nSPS) is 15.1. The number of hydrogen-bond acceptors (Lipinski definition) is 4. The van der Waals surface area contributed by atoms with Crippen LogP contribution in [0.2, 0.25) is 0 Å². The minimum Gasteiger partial charge on any atom is -0.484 e.